The second kappa shape index (κ2) is 5.12. The molecule has 1 rings (SSSR count). The Hall–Kier alpha value is -1.35. The first-order valence-electron chi connectivity index (χ1n) is 5.23. The molecule has 0 spiro atoms. The zero-order valence-corrected chi connectivity index (χ0v) is 10.2. The highest BCUT2D eigenvalue weighted by molar-refractivity contribution is 5.77. The lowest BCUT2D eigenvalue weighted by molar-refractivity contribution is -0.142. The molecule has 0 aliphatic heterocycles. The molecule has 0 aliphatic carbocycles. The number of hydrogen-bond donors (Lipinski definition) is 0. The van der Waals surface area contributed by atoms with Crippen molar-refractivity contribution in [1.29, 1.82) is 0 Å². The fraction of sp³-hybridized carbons (Fsp3) is 0.462. The number of hydrogen-bond acceptors (Lipinski definition) is 3. The summed E-state index contributed by atoms with van der Waals surface area (Å²) in [6, 6.07) is 7.32. The maximum Gasteiger partial charge on any atom is 0.316 e. The lowest BCUT2D eigenvalue weighted by Crippen LogP contribution is -2.25. The van der Waals surface area contributed by atoms with Crippen LogP contribution in [0.2, 0.25) is 0 Å². The minimum atomic E-state index is -0.481. The fourth-order valence-corrected chi connectivity index (χ4v) is 1.08. The van der Waals surface area contributed by atoms with Gasteiger partial charge in [0.25, 0.3) is 0 Å². The van der Waals surface area contributed by atoms with Crippen LogP contribution in [0.15, 0.2) is 24.3 Å². The third-order valence-electron chi connectivity index (χ3n) is 2.06. The van der Waals surface area contributed by atoms with E-state index < -0.39 is 5.41 Å². The summed E-state index contributed by atoms with van der Waals surface area (Å²) in [7, 11) is 1.65. The third-order valence-corrected chi connectivity index (χ3v) is 2.06. The number of esters is 1. The molecule has 0 aromatic heterocycles. The molecule has 16 heavy (non-hydrogen) atoms. The van der Waals surface area contributed by atoms with Crippen molar-refractivity contribution in [2.24, 2.45) is 5.41 Å². The molecular weight excluding hydrogens is 204 g/mol. The first-order chi connectivity index (χ1) is 7.43. The Balaban J connectivity index is 2.65. The van der Waals surface area contributed by atoms with E-state index in [-0.39, 0.29) is 5.97 Å². The van der Waals surface area contributed by atoms with E-state index in [1.165, 1.54) is 0 Å². The molecule has 1 aromatic carbocycles. The van der Waals surface area contributed by atoms with Crippen molar-refractivity contribution in [3.8, 4) is 5.75 Å². The average molecular weight is 222 g/mol. The van der Waals surface area contributed by atoms with Crippen molar-refractivity contribution in [2.45, 2.75) is 27.4 Å². The predicted octanol–water partition coefficient (Wildman–Crippen LogP) is 2.78. The van der Waals surface area contributed by atoms with Gasteiger partial charge in [-0.3, -0.25) is 4.79 Å². The van der Waals surface area contributed by atoms with Gasteiger partial charge in [-0.1, -0.05) is 12.1 Å². The number of carbonyl (C=O) groups is 1. The number of carbonyl (C=O) groups excluding carboxylic acids is 1. The Kier molecular flexibility index (Phi) is 4.07. The number of methoxy groups -OCH3 is 1. The second-order valence-corrected chi connectivity index (χ2v) is 4.72. The summed E-state index contributed by atoms with van der Waals surface area (Å²) in [5.74, 6) is 0.340. The lowest BCUT2D eigenvalue weighted by Gasteiger charge is -2.16. The molecule has 3 heteroatoms. The van der Waals surface area contributed by atoms with E-state index in [9.17, 15) is 4.79 Å². The van der Waals surface area contributed by atoms with Crippen LogP contribution in [-0.4, -0.2) is 13.1 Å². The molecule has 0 aliphatic rings. The Bertz CT molecular complexity index is 346. The van der Waals surface area contributed by atoms with Gasteiger partial charge in [-0.15, -0.1) is 0 Å². The van der Waals surface area contributed by atoms with Crippen LogP contribution in [0.5, 0.6) is 5.75 Å². The van der Waals surface area contributed by atoms with E-state index >= 15 is 0 Å². The summed E-state index contributed by atoms with van der Waals surface area (Å²) in [4.78, 5) is 11.6. The van der Waals surface area contributed by atoms with Gasteiger partial charge < -0.3 is 9.47 Å². The molecule has 0 atom stereocenters. The first kappa shape index (κ1) is 12.7. The van der Waals surface area contributed by atoms with Gasteiger partial charge in [-0.25, -0.2) is 0 Å². The normalized spacial score (nSPS) is 11.2. The molecule has 1 aromatic rings. The van der Waals surface area contributed by atoms with Crippen LogP contribution in [0.1, 0.15) is 26.3 Å². The zero-order valence-electron chi connectivity index (χ0n) is 10.2. The van der Waals surface area contributed by atoms with Crippen molar-refractivity contribution in [3.63, 3.8) is 0 Å². The van der Waals surface area contributed by atoms with Gasteiger partial charge in [0.1, 0.15) is 5.75 Å². The monoisotopic (exact) mass is 222 g/mol. The van der Waals surface area contributed by atoms with Crippen LogP contribution >= 0.6 is 0 Å². The van der Waals surface area contributed by atoms with Gasteiger partial charge in [0, 0.05) is 7.11 Å². The minimum absolute atomic E-state index is 0.230. The highest BCUT2D eigenvalue weighted by Crippen LogP contribution is 2.19. The molecular formula is C13H18O3. The SMILES string of the molecule is COCc1ccc(OC(=O)C(C)(C)C)cc1. The van der Waals surface area contributed by atoms with Crippen LogP contribution in [-0.2, 0) is 16.1 Å². The summed E-state index contributed by atoms with van der Waals surface area (Å²) >= 11 is 0. The van der Waals surface area contributed by atoms with Crippen LogP contribution < -0.4 is 4.74 Å². The van der Waals surface area contributed by atoms with Crippen molar-refractivity contribution >= 4 is 5.97 Å². The van der Waals surface area contributed by atoms with Gasteiger partial charge >= 0.3 is 5.97 Å². The molecule has 0 radical (unpaired) electrons. The van der Waals surface area contributed by atoms with E-state index in [1.807, 2.05) is 32.9 Å². The van der Waals surface area contributed by atoms with Crippen LogP contribution in [0, 0.1) is 5.41 Å². The lowest BCUT2D eigenvalue weighted by atomic mass is 9.97. The van der Waals surface area contributed by atoms with Gasteiger partial charge in [-0.2, -0.15) is 0 Å². The Morgan fingerprint density at radius 2 is 1.75 bits per heavy atom. The first-order valence-corrected chi connectivity index (χ1v) is 5.23. The van der Waals surface area contributed by atoms with Crippen LogP contribution in [0.3, 0.4) is 0 Å². The van der Waals surface area contributed by atoms with Crippen LogP contribution in [0.4, 0.5) is 0 Å². The molecule has 0 amide bonds. The van der Waals surface area contributed by atoms with Crippen molar-refractivity contribution in [1.82, 2.24) is 0 Å². The predicted molar refractivity (Wildman–Crippen MR) is 62.2 cm³/mol. The Morgan fingerprint density at radius 3 is 2.19 bits per heavy atom. The molecule has 0 unspecified atom stereocenters. The summed E-state index contributed by atoms with van der Waals surface area (Å²) in [6.07, 6.45) is 0. The smallest absolute Gasteiger partial charge is 0.316 e. The topological polar surface area (TPSA) is 35.5 Å². The summed E-state index contributed by atoms with van der Waals surface area (Å²) < 4.78 is 10.2. The summed E-state index contributed by atoms with van der Waals surface area (Å²) in [5.41, 5.74) is 0.573. The highest BCUT2D eigenvalue weighted by atomic mass is 16.5. The van der Waals surface area contributed by atoms with E-state index in [1.54, 1.807) is 19.2 Å². The molecule has 0 heterocycles. The maximum atomic E-state index is 11.6. The highest BCUT2D eigenvalue weighted by Gasteiger charge is 2.23. The molecule has 0 fully saturated rings. The third kappa shape index (κ3) is 3.66. The number of benzene rings is 1. The van der Waals surface area contributed by atoms with Crippen molar-refractivity contribution in [2.75, 3.05) is 7.11 Å². The summed E-state index contributed by atoms with van der Waals surface area (Å²) in [6.45, 7) is 6.05. The van der Waals surface area contributed by atoms with Gasteiger partial charge in [-0.05, 0) is 38.5 Å². The molecule has 0 saturated heterocycles. The number of ether oxygens (including phenoxy) is 2. The van der Waals surface area contributed by atoms with Crippen LogP contribution in [0.25, 0.3) is 0 Å². The largest absolute Gasteiger partial charge is 0.426 e. The van der Waals surface area contributed by atoms with Crippen molar-refractivity contribution in [3.05, 3.63) is 29.8 Å². The van der Waals surface area contributed by atoms with E-state index in [0.717, 1.165) is 5.56 Å². The zero-order chi connectivity index (χ0) is 12.2. The second-order valence-electron chi connectivity index (χ2n) is 4.72. The average Bonchev–Trinajstić information content (AvgIpc) is 2.20. The Morgan fingerprint density at radius 1 is 1.19 bits per heavy atom. The standard InChI is InChI=1S/C13H18O3/c1-13(2,3)12(14)16-11-7-5-10(6-8-11)9-15-4/h5-8H,9H2,1-4H3. The number of rotatable bonds is 3. The molecule has 88 valence electrons. The quantitative estimate of drug-likeness (QED) is 0.582. The molecule has 0 bridgehead atoms. The van der Waals surface area contributed by atoms with Gasteiger partial charge in [0.2, 0.25) is 0 Å². The maximum absolute atomic E-state index is 11.6. The molecule has 0 N–H and O–H groups in total. The van der Waals surface area contributed by atoms with Crippen molar-refractivity contribution < 1.29 is 14.3 Å². The van der Waals surface area contributed by atoms with E-state index in [4.69, 9.17) is 9.47 Å². The molecule has 3 nitrogen and oxygen atoms in total. The van der Waals surface area contributed by atoms with Gasteiger partial charge in [0.15, 0.2) is 0 Å². The van der Waals surface area contributed by atoms with E-state index in [2.05, 4.69) is 0 Å². The Labute approximate surface area is 96.4 Å². The summed E-state index contributed by atoms with van der Waals surface area (Å²) in [5, 5.41) is 0. The minimum Gasteiger partial charge on any atom is -0.426 e. The molecule has 0 saturated carbocycles. The van der Waals surface area contributed by atoms with Gasteiger partial charge in [0.05, 0.1) is 12.0 Å². The fourth-order valence-electron chi connectivity index (χ4n) is 1.08. The van der Waals surface area contributed by atoms with E-state index in [0.29, 0.717) is 12.4 Å².